The molecular weight excluding hydrogens is 304 g/mol. The van der Waals surface area contributed by atoms with Crippen molar-refractivity contribution in [1.29, 1.82) is 0 Å². The average molecular weight is 326 g/mol. The van der Waals surface area contributed by atoms with Crippen molar-refractivity contribution in [3.8, 4) is 0 Å². The number of cyclic esters (lactones) is 2. The van der Waals surface area contributed by atoms with Crippen LogP contribution in [0, 0.1) is 5.41 Å². The van der Waals surface area contributed by atoms with Gasteiger partial charge < -0.3 is 40.5 Å². The van der Waals surface area contributed by atoms with Gasteiger partial charge in [0.05, 0.1) is 45.1 Å². The Labute approximate surface area is 126 Å². The minimum atomic E-state index is -1.11. The van der Waals surface area contributed by atoms with Crippen molar-refractivity contribution in [2.45, 2.75) is 6.10 Å². The third-order valence-corrected chi connectivity index (χ3v) is 2.32. The zero-order chi connectivity index (χ0) is 17.6. The molecular formula is C12H22O10. The number of esters is 2. The van der Waals surface area contributed by atoms with Crippen LogP contribution in [0.25, 0.3) is 0 Å². The van der Waals surface area contributed by atoms with Gasteiger partial charge in [-0.05, 0) is 0 Å². The van der Waals surface area contributed by atoms with Crippen LogP contribution >= 0.6 is 0 Å². The molecule has 0 bridgehead atoms. The van der Waals surface area contributed by atoms with Gasteiger partial charge in [0.1, 0.15) is 6.10 Å². The summed E-state index contributed by atoms with van der Waals surface area (Å²) in [4.78, 5) is 19.8. The Morgan fingerprint density at radius 2 is 1.14 bits per heavy atom. The molecule has 0 unspecified atom stereocenters. The van der Waals surface area contributed by atoms with Crippen molar-refractivity contribution < 1.29 is 50.1 Å². The highest BCUT2D eigenvalue weighted by Crippen LogP contribution is 2.11. The first-order valence-corrected chi connectivity index (χ1v) is 6.11. The molecule has 22 heavy (non-hydrogen) atoms. The number of ether oxygens (including phenoxy) is 1. The Hall–Kier alpha value is -1.40. The second-order valence-corrected chi connectivity index (χ2v) is 4.22. The van der Waals surface area contributed by atoms with E-state index < -0.39 is 49.9 Å². The van der Waals surface area contributed by atoms with Gasteiger partial charge in [-0.25, -0.2) is 9.59 Å². The first-order valence-electron chi connectivity index (χ1n) is 6.11. The summed E-state index contributed by atoms with van der Waals surface area (Å²) in [5.41, 5.74) is -1.11. The molecule has 0 aromatic carbocycles. The second kappa shape index (κ2) is 13.3. The van der Waals surface area contributed by atoms with Gasteiger partial charge in [0.15, 0.2) is 0 Å². The Kier molecular flexibility index (Phi) is 13.8. The van der Waals surface area contributed by atoms with E-state index in [1.807, 2.05) is 0 Å². The number of carbonyl (C=O) groups excluding carboxylic acids is 2. The fourth-order valence-corrected chi connectivity index (χ4v) is 0.661. The van der Waals surface area contributed by atoms with Gasteiger partial charge in [-0.15, -0.1) is 0 Å². The van der Waals surface area contributed by atoms with Crippen LogP contribution in [0.3, 0.4) is 0 Å². The van der Waals surface area contributed by atoms with Crippen LogP contribution in [-0.4, -0.2) is 93.4 Å². The highest BCUT2D eigenvalue weighted by Gasteiger charge is 2.26. The zero-order valence-corrected chi connectivity index (χ0v) is 11.8. The fraction of sp³-hybridized carbons (Fsp3) is 0.667. The first kappa shape index (κ1) is 22.9. The third-order valence-electron chi connectivity index (χ3n) is 2.32. The monoisotopic (exact) mass is 326 g/mol. The smallest absolute Gasteiger partial charge is 0.338 e. The lowest BCUT2D eigenvalue weighted by Gasteiger charge is -2.23. The molecule has 1 heterocycles. The van der Waals surface area contributed by atoms with Gasteiger partial charge in [0.25, 0.3) is 0 Å². The molecule has 10 heteroatoms. The standard InChI is InChI=1S/C5H12O4.C4H2O3.C3H8O3/c6-1-5(2-7,3-8)4-9;5-3-1-2-4(6)7-3;4-1-3(6)2-5/h6-9H,1-4H2;1-2H;3-6H,1-2H2. The predicted molar refractivity (Wildman–Crippen MR) is 71.2 cm³/mol. The zero-order valence-electron chi connectivity index (χ0n) is 11.8. The fourth-order valence-electron chi connectivity index (χ4n) is 0.661. The minimum absolute atomic E-state index is 0.365. The summed E-state index contributed by atoms with van der Waals surface area (Å²) in [5.74, 6) is -1.16. The van der Waals surface area contributed by atoms with Crippen molar-refractivity contribution in [3.63, 3.8) is 0 Å². The molecule has 130 valence electrons. The molecule has 10 nitrogen and oxygen atoms in total. The molecule has 1 aliphatic rings. The Balaban J connectivity index is 0. The number of aliphatic hydroxyl groups excluding tert-OH is 7. The lowest BCUT2D eigenvalue weighted by molar-refractivity contribution is -0.150. The second-order valence-electron chi connectivity index (χ2n) is 4.22. The van der Waals surface area contributed by atoms with Crippen molar-refractivity contribution in [2.75, 3.05) is 39.6 Å². The molecule has 0 aliphatic carbocycles. The molecule has 0 amide bonds. The van der Waals surface area contributed by atoms with E-state index in [9.17, 15) is 9.59 Å². The molecule has 0 fully saturated rings. The van der Waals surface area contributed by atoms with Crippen LogP contribution in [0.1, 0.15) is 0 Å². The summed E-state index contributed by atoms with van der Waals surface area (Å²) in [6, 6.07) is 0. The normalized spacial score (nSPS) is 13.3. The first-order chi connectivity index (χ1) is 10.3. The summed E-state index contributed by atoms with van der Waals surface area (Å²) < 4.78 is 3.97. The van der Waals surface area contributed by atoms with E-state index in [-0.39, 0.29) is 13.2 Å². The number of carbonyl (C=O) groups is 2. The van der Waals surface area contributed by atoms with E-state index in [0.29, 0.717) is 0 Å². The third kappa shape index (κ3) is 10.3. The molecule has 0 saturated heterocycles. The molecule has 7 N–H and O–H groups in total. The molecule has 1 rings (SSSR count). The largest absolute Gasteiger partial charge is 0.396 e. The van der Waals surface area contributed by atoms with Gasteiger partial charge >= 0.3 is 11.9 Å². The van der Waals surface area contributed by atoms with Gasteiger partial charge in [-0.3, -0.25) is 0 Å². The lowest BCUT2D eigenvalue weighted by atomic mass is 9.93. The van der Waals surface area contributed by atoms with Crippen LogP contribution < -0.4 is 0 Å². The van der Waals surface area contributed by atoms with Crippen LogP contribution in [0.2, 0.25) is 0 Å². The Morgan fingerprint density at radius 3 is 1.18 bits per heavy atom. The maximum absolute atomic E-state index is 9.92. The van der Waals surface area contributed by atoms with Crippen molar-refractivity contribution in [2.24, 2.45) is 5.41 Å². The minimum Gasteiger partial charge on any atom is -0.396 e. The molecule has 0 atom stereocenters. The maximum atomic E-state index is 9.92. The maximum Gasteiger partial charge on any atom is 0.338 e. The number of hydrogen-bond acceptors (Lipinski definition) is 10. The van der Waals surface area contributed by atoms with E-state index in [1.54, 1.807) is 0 Å². The topological polar surface area (TPSA) is 185 Å². The van der Waals surface area contributed by atoms with E-state index in [2.05, 4.69) is 4.74 Å². The lowest BCUT2D eigenvalue weighted by Crippen LogP contribution is -2.37. The summed E-state index contributed by atoms with van der Waals surface area (Å²) in [6.45, 7) is -2.35. The summed E-state index contributed by atoms with van der Waals surface area (Å²) >= 11 is 0. The van der Waals surface area contributed by atoms with Crippen molar-refractivity contribution in [3.05, 3.63) is 12.2 Å². The molecule has 0 spiro atoms. The van der Waals surface area contributed by atoms with Crippen LogP contribution in [0.15, 0.2) is 12.2 Å². The molecule has 0 radical (unpaired) electrons. The summed E-state index contributed by atoms with van der Waals surface area (Å²) in [7, 11) is 0. The van der Waals surface area contributed by atoms with E-state index in [4.69, 9.17) is 35.7 Å². The van der Waals surface area contributed by atoms with Crippen molar-refractivity contribution >= 4 is 11.9 Å². The Morgan fingerprint density at radius 1 is 0.818 bits per heavy atom. The molecule has 0 saturated carbocycles. The van der Waals surface area contributed by atoms with Crippen LogP contribution in [-0.2, 0) is 14.3 Å². The summed E-state index contributed by atoms with van der Waals surface area (Å²) in [5, 5.41) is 58.0. The van der Waals surface area contributed by atoms with Gasteiger partial charge in [0.2, 0.25) is 0 Å². The number of rotatable bonds is 6. The highest BCUT2D eigenvalue weighted by atomic mass is 16.6. The van der Waals surface area contributed by atoms with E-state index in [1.165, 1.54) is 0 Å². The van der Waals surface area contributed by atoms with Crippen molar-refractivity contribution in [1.82, 2.24) is 0 Å². The number of aliphatic hydroxyl groups is 7. The van der Waals surface area contributed by atoms with Gasteiger partial charge in [0, 0.05) is 12.2 Å². The van der Waals surface area contributed by atoms with Gasteiger partial charge in [-0.2, -0.15) is 0 Å². The SMILES string of the molecule is O=C1C=CC(=O)O1.OCC(CO)(CO)CO.OCC(O)CO. The van der Waals surface area contributed by atoms with E-state index in [0.717, 1.165) is 12.2 Å². The Bertz CT molecular complexity index is 299. The van der Waals surface area contributed by atoms with Gasteiger partial charge in [-0.1, -0.05) is 0 Å². The number of hydrogen-bond donors (Lipinski definition) is 7. The highest BCUT2D eigenvalue weighted by molar-refractivity contribution is 6.04. The average Bonchev–Trinajstić information content (AvgIpc) is 2.93. The van der Waals surface area contributed by atoms with Crippen LogP contribution in [0.5, 0.6) is 0 Å². The molecule has 0 aromatic heterocycles. The predicted octanol–water partition coefficient (Wildman–Crippen LogP) is -4.10. The molecule has 0 aromatic rings. The molecule has 1 aliphatic heterocycles. The van der Waals surface area contributed by atoms with E-state index >= 15 is 0 Å². The van der Waals surface area contributed by atoms with Crippen LogP contribution in [0.4, 0.5) is 0 Å². The summed E-state index contributed by atoms with van der Waals surface area (Å²) in [6.07, 6.45) is 1.22. The quantitative estimate of drug-likeness (QED) is 0.187.